The van der Waals surface area contributed by atoms with Crippen molar-refractivity contribution in [3.05, 3.63) is 157 Å². The fourth-order valence-electron chi connectivity index (χ4n) is 19.2. The van der Waals surface area contributed by atoms with E-state index in [1.54, 1.807) is 12.1 Å². The number of piperidine rings is 2. The Labute approximate surface area is 787 Å². The number of H-pyrrole nitrogens is 2. The molecule has 39 heteroatoms. The Morgan fingerprint density at radius 3 is 1.27 bits per heavy atom. The number of aliphatic hydroxyl groups is 2. The number of thiazole rings is 4. The number of nitrogens with zero attached hydrogens (tertiary/aromatic N) is 6. The van der Waals surface area contributed by atoms with Crippen LogP contribution in [0.5, 0.6) is 11.5 Å². The maximum atomic E-state index is 14.7. The van der Waals surface area contributed by atoms with E-state index >= 15 is 0 Å². The minimum Gasteiger partial charge on any atom is -0.506 e. The zero-order chi connectivity index (χ0) is 88.0. The molecule has 8 aliphatic rings. The number of aromatic nitrogens is 4. The third kappa shape index (κ3) is 23.7. The number of carbonyl (C=O) groups is 4. The predicted molar refractivity (Wildman–Crippen MR) is 514 cm³/mol. The molecule has 0 radical (unpaired) electrons. The second kappa shape index (κ2) is 44.7. The molecule has 4 aliphatic carbocycles. The van der Waals surface area contributed by atoms with Crippen molar-refractivity contribution in [3.63, 3.8) is 0 Å². The van der Waals surface area contributed by atoms with Crippen LogP contribution in [0.1, 0.15) is 208 Å². The number of amides is 2. The first kappa shape index (κ1) is 104. The van der Waals surface area contributed by atoms with E-state index in [1.807, 2.05) is 44.8 Å². The molecule has 8 atom stereocenters. The summed E-state index contributed by atoms with van der Waals surface area (Å²) in [4.78, 5) is 95.9. The molecule has 4 aromatic carbocycles. The Balaban J connectivity index is 0.000000209. The van der Waals surface area contributed by atoms with Crippen LogP contribution in [0, 0.1) is 45.1 Å². The lowest BCUT2D eigenvalue weighted by molar-refractivity contribution is -0.128. The Morgan fingerprint density at radius 1 is 0.584 bits per heavy atom. The summed E-state index contributed by atoms with van der Waals surface area (Å²) in [6.07, 6.45) is 7.30. The summed E-state index contributed by atoms with van der Waals surface area (Å²) in [6.45, 7) is 26.0. The molecular weight excluding hydrogens is 2070 g/mol. The average molecular weight is 2190 g/mol. The van der Waals surface area contributed by atoms with E-state index in [1.165, 1.54) is 46.9 Å². The molecule has 2 spiro atoms. The molecule has 2 amide bonds. The number of rotatable bonds is 24. The number of phenols is 2. The molecule has 8 heterocycles. The van der Waals surface area contributed by atoms with E-state index in [0.717, 1.165) is 121 Å². The zero-order valence-electron chi connectivity index (χ0n) is 71.4. The number of hydrogen-bond acceptors (Lipinski definition) is 24. The minimum absolute atomic E-state index is 0. The number of likely N-dealkylation sites (tertiary alicyclic amines) is 2. The van der Waals surface area contributed by atoms with E-state index in [4.69, 9.17) is 18.6 Å². The molecule has 14 N–H and O–H groups in total. The highest BCUT2D eigenvalue weighted by Crippen LogP contribution is 2.65. The quantitative estimate of drug-likeness (QED) is 0.0153. The van der Waals surface area contributed by atoms with Gasteiger partial charge in [0, 0.05) is 160 Å². The number of hydrogen-bond donors (Lipinski definition) is 10. The van der Waals surface area contributed by atoms with Crippen molar-refractivity contribution in [1.82, 2.24) is 50.2 Å². The molecule has 4 aromatic heterocycles. The second-order valence-corrected chi connectivity index (χ2v) is 41.0. The Hall–Kier alpha value is -4.73. The molecule has 2 unspecified atom stereocenters. The van der Waals surface area contributed by atoms with Crippen molar-refractivity contribution in [1.29, 1.82) is 0 Å². The molecule has 4 bridgehead atoms. The van der Waals surface area contributed by atoms with Crippen LogP contribution < -0.4 is 20.4 Å². The van der Waals surface area contributed by atoms with Gasteiger partial charge in [-0.1, -0.05) is 114 Å². The van der Waals surface area contributed by atoms with E-state index in [2.05, 4.69) is 133 Å². The smallest absolute Gasteiger partial charge is 0.305 e. The number of aliphatic hydroxyl groups excluding tert-OH is 2. The highest BCUT2D eigenvalue weighted by atomic mass is 128. The Kier molecular flexibility index (Phi) is 37.2. The first-order chi connectivity index (χ1) is 58.0. The lowest BCUT2D eigenvalue weighted by atomic mass is 9.70. The largest absolute Gasteiger partial charge is 0.506 e. The molecule has 16 rings (SSSR count). The number of fused-ring (bicyclic) bond motifs is 6. The van der Waals surface area contributed by atoms with Gasteiger partial charge in [-0.05, 0) is 146 Å². The van der Waals surface area contributed by atoms with Gasteiger partial charge in [0.15, 0.2) is 22.2 Å². The molecule has 4 aliphatic heterocycles. The molecule has 4 saturated carbocycles. The zero-order valence-corrected chi connectivity index (χ0v) is 83.0. The van der Waals surface area contributed by atoms with E-state index in [-0.39, 0.29) is 138 Å². The summed E-state index contributed by atoms with van der Waals surface area (Å²) >= 11 is 5.49. The number of phenolic OH excluding ortho intramolecular Hbond substituents is 2. The van der Waals surface area contributed by atoms with Crippen molar-refractivity contribution < 1.29 is 86.3 Å². The van der Waals surface area contributed by atoms with Crippen molar-refractivity contribution in [3.8, 4) is 11.5 Å². The van der Waals surface area contributed by atoms with Crippen LogP contribution in [0.4, 0.5) is 8.78 Å². The summed E-state index contributed by atoms with van der Waals surface area (Å²) in [5, 5.41) is 53.5. The number of ketones is 2. The summed E-state index contributed by atoms with van der Waals surface area (Å²) in [7, 11) is 0. The van der Waals surface area contributed by atoms with Crippen LogP contribution in [-0.4, -0.2) is 226 Å². The number of ether oxygens (including phenoxy) is 2. The van der Waals surface area contributed by atoms with Crippen LogP contribution in [0.25, 0.3) is 20.4 Å². The molecule has 125 heavy (non-hydrogen) atoms. The number of halogens is 5. The maximum Gasteiger partial charge on any atom is 0.305 e. The van der Waals surface area contributed by atoms with Gasteiger partial charge in [0.2, 0.25) is 0 Å². The summed E-state index contributed by atoms with van der Waals surface area (Å²) in [6, 6.07) is 16.6. The average Bonchev–Trinajstić information content (AvgIpc) is 1.56. The third-order valence-corrected chi connectivity index (χ3v) is 32.5. The van der Waals surface area contributed by atoms with Crippen molar-refractivity contribution in [2.45, 2.75) is 181 Å². The molecule has 4 saturated heterocycles. The lowest BCUT2D eigenvalue weighted by Gasteiger charge is -2.47. The van der Waals surface area contributed by atoms with Gasteiger partial charge >= 0.3 is 9.75 Å². The number of benzene rings is 4. The van der Waals surface area contributed by atoms with Gasteiger partial charge in [0.1, 0.15) is 57.1 Å². The van der Waals surface area contributed by atoms with Gasteiger partial charge in [-0.25, -0.2) is 27.2 Å². The normalized spacial score (nSPS) is 22.4. The number of carbonyl (C=O) groups excluding carboxylic acids is 4. The molecule has 8 aromatic rings. The predicted octanol–water partition coefficient (Wildman–Crippen LogP) is 12.7. The Morgan fingerprint density at radius 2 is 0.952 bits per heavy atom. The first-order valence-electron chi connectivity index (χ1n) is 41.6. The molecule has 690 valence electrons. The molecular formula is C86H117F2I3N10O18S6. The summed E-state index contributed by atoms with van der Waals surface area (Å²) in [5.41, 5.74) is 4.22. The fourth-order valence-corrected chi connectivity index (χ4v) is 24.9. The van der Waals surface area contributed by atoms with Crippen molar-refractivity contribution in [2.24, 2.45) is 33.5 Å². The highest BCUT2D eigenvalue weighted by Gasteiger charge is 2.66. The fraction of sp³-hybridized carbons (Fsp3) is 0.581. The van der Waals surface area contributed by atoms with E-state index < -0.39 is 45.2 Å². The second-order valence-electron chi connectivity index (χ2n) is 35.4. The van der Waals surface area contributed by atoms with Crippen molar-refractivity contribution >= 4 is 173 Å². The van der Waals surface area contributed by atoms with E-state index in [0.29, 0.717) is 169 Å². The third-order valence-electron chi connectivity index (χ3n) is 26.8. The molecule has 28 nitrogen and oxygen atoms in total. The number of aromatic amines is 2. The first-order valence-corrected chi connectivity index (χ1v) is 53.8. The minimum atomic E-state index is -1.86. The van der Waals surface area contributed by atoms with Crippen LogP contribution in [0.3, 0.4) is 0 Å². The standard InChI is InChI=1S/2C33H40FN5O5S2.2C10H16O3S.I2.HI.2H2O/c2*1-20(2)30-36-25(18-45-30)31(42)39-13-14-44-33(19-39)8-11-38(12-9-33)17-21-3-5-24(34)22(15-21)7-10-35-16-27(41)23-4-6-26(40)28-29(23)46-32(43)37-28;2*1-9(2)7-3-4-10(9,6-14(12)13)8(11)5-7;1-2;;;/h2*3-6,15,18,20,27,35,40-41H,7-14,16-17,19H2,1-2H3,(H,37,43);2*7H,3-6H2,1-2H3,(H,12,13);;1H;2*1H2/t2*27-;2*7-,10-;;;;/m0011..../s1. The maximum absolute atomic E-state index is 14.7. The summed E-state index contributed by atoms with van der Waals surface area (Å²) < 4.78 is 82.9. The van der Waals surface area contributed by atoms with Crippen LogP contribution in [-0.2, 0) is 67.2 Å². The van der Waals surface area contributed by atoms with Gasteiger partial charge in [-0.15, -0.1) is 46.7 Å². The van der Waals surface area contributed by atoms with Crippen LogP contribution in [0.15, 0.2) is 81.0 Å². The Bertz CT molecular complexity index is 4910. The highest BCUT2D eigenvalue weighted by molar-refractivity contribution is 15.0. The van der Waals surface area contributed by atoms with Gasteiger partial charge in [-0.2, -0.15) is 0 Å². The monoisotopic (exact) mass is 2190 g/mol. The van der Waals surface area contributed by atoms with Gasteiger partial charge in [0.25, 0.3) is 11.8 Å². The van der Waals surface area contributed by atoms with E-state index in [9.17, 15) is 66.4 Å². The number of nitrogens with one attached hydrogen (secondary N) is 4. The summed E-state index contributed by atoms with van der Waals surface area (Å²) in [5.74, 6) is 1.50. The van der Waals surface area contributed by atoms with Gasteiger partial charge in [-0.3, -0.25) is 38.6 Å². The van der Waals surface area contributed by atoms with Gasteiger partial charge in [0.05, 0.1) is 80.6 Å². The van der Waals surface area contributed by atoms with Crippen molar-refractivity contribution in [2.75, 3.05) is 103 Å². The topological polar surface area (TPSA) is 434 Å². The van der Waals surface area contributed by atoms with Crippen LogP contribution in [0.2, 0.25) is 0 Å². The van der Waals surface area contributed by atoms with Gasteiger partial charge < -0.3 is 80.4 Å². The molecule has 8 fully saturated rings. The SMILES string of the molecule is CC(C)c1nc(C(=O)N2CCOC3(CCN(Cc4ccc(F)c(CCNC[C@H](O)c5ccc(O)c6[nH]c(=O)sc56)c4)CC3)C2)cs1.CC(C)c1nc(C(=O)N2CCOC3(CCN(Cc4ccc(F)c(CCNC[C@H](O)c5ccc(O)c6[nH]c(=O)sc56)c4)CC3)C2)cs1.CC1(C)[C@@H]2CC[C@@]1(CS(=O)O)C(=O)C2.CC1(C)[C@@H]2CC[C@@]1(CS(=O)O)C(=O)C2.I.II.O.O. The van der Waals surface area contributed by atoms with Crippen LogP contribution >= 0.6 is 107 Å². The number of aromatic hydroxyl groups is 2. The number of Topliss-reactive ketones (excluding diaryl/α,β-unsaturated/α-hetero) is 2. The number of morpholine rings is 2. The lowest BCUT2D eigenvalue weighted by Crippen LogP contribution is -2.58.